The maximum absolute atomic E-state index is 12.7. The lowest BCUT2D eigenvalue weighted by molar-refractivity contribution is -0.870. The third-order valence-electron chi connectivity index (χ3n) is 9.31. The van der Waals surface area contributed by atoms with E-state index in [4.69, 9.17) is 18.5 Å². The Morgan fingerprint density at radius 3 is 1.77 bits per heavy atom. The lowest BCUT2D eigenvalue weighted by Gasteiger charge is -2.28. The number of ether oxygens (including phenoxy) is 2. The molecule has 0 rings (SSSR count). The third kappa shape index (κ3) is 40.5. The van der Waals surface area contributed by atoms with Crippen molar-refractivity contribution in [1.29, 1.82) is 0 Å². The number of hydrogen-bond donors (Lipinski definition) is 2. The molecule has 0 amide bonds. The van der Waals surface area contributed by atoms with Crippen molar-refractivity contribution in [2.75, 3.05) is 47.5 Å². The zero-order chi connectivity index (χ0) is 42.3. The maximum Gasteiger partial charge on any atom is 0.306 e. The van der Waals surface area contributed by atoms with Gasteiger partial charge in [0, 0.05) is 6.42 Å². The Morgan fingerprint density at radius 1 is 0.649 bits per heavy atom. The summed E-state index contributed by atoms with van der Waals surface area (Å²) in [5, 5.41) is 20.8. The highest BCUT2D eigenvalue weighted by Crippen LogP contribution is 2.38. The van der Waals surface area contributed by atoms with Gasteiger partial charge in [-0.3, -0.25) is 9.36 Å². The van der Waals surface area contributed by atoms with Gasteiger partial charge < -0.3 is 38.1 Å². The highest BCUT2D eigenvalue weighted by molar-refractivity contribution is 7.45. The monoisotopic (exact) mass is 826 g/mol. The Bertz CT molecular complexity index is 1130. The molecular formula is C46H84NO9P. The standard InChI is InChI=1S/C46H84NO9P/c1-6-8-10-12-14-16-18-20-21-22-23-25-27-29-31-33-39-53-41-43(42-55-57(51,52)54-40-38-47(3,4)5)56-46(50)37-34-36-45(49)44(48)35-32-30-28-26-24-19-17-15-13-11-9-7-2/h15-18,24,26,30,32-33,39,43-45,48-49H,6-14,19-23,25,27-29,31,34-38,40-42H2,1-5H3/b17-15-,18-16-,26-24-,32-30-,39-33+/t43-,44?,45?/m1/s1. The van der Waals surface area contributed by atoms with Gasteiger partial charge in [-0.15, -0.1) is 0 Å². The second-order valence-corrected chi connectivity index (χ2v) is 17.5. The Balaban J connectivity index is 4.56. The van der Waals surface area contributed by atoms with E-state index in [9.17, 15) is 24.5 Å². The predicted molar refractivity (Wildman–Crippen MR) is 233 cm³/mol. The average Bonchev–Trinajstić information content (AvgIpc) is 3.16. The molecule has 0 aromatic carbocycles. The zero-order valence-corrected chi connectivity index (χ0v) is 37.6. The van der Waals surface area contributed by atoms with Gasteiger partial charge in [0.25, 0.3) is 7.82 Å². The maximum atomic E-state index is 12.7. The summed E-state index contributed by atoms with van der Waals surface area (Å²) in [6.07, 6.45) is 40.6. The minimum Gasteiger partial charge on any atom is -0.756 e. The van der Waals surface area contributed by atoms with E-state index >= 15 is 0 Å². The number of hydrogen-bond acceptors (Lipinski definition) is 9. The van der Waals surface area contributed by atoms with Gasteiger partial charge in [-0.25, -0.2) is 0 Å². The van der Waals surface area contributed by atoms with Crippen molar-refractivity contribution >= 4 is 13.8 Å². The van der Waals surface area contributed by atoms with Crippen LogP contribution >= 0.6 is 7.82 Å². The first-order chi connectivity index (χ1) is 27.4. The molecule has 4 atom stereocenters. The van der Waals surface area contributed by atoms with Crippen LogP contribution in [0.25, 0.3) is 0 Å². The minimum atomic E-state index is -4.63. The van der Waals surface area contributed by atoms with Crippen LogP contribution in [-0.2, 0) is 27.9 Å². The molecule has 0 fully saturated rings. The van der Waals surface area contributed by atoms with Crippen molar-refractivity contribution in [3.8, 4) is 0 Å². The van der Waals surface area contributed by atoms with Gasteiger partial charge >= 0.3 is 5.97 Å². The van der Waals surface area contributed by atoms with Crippen molar-refractivity contribution in [1.82, 2.24) is 0 Å². The van der Waals surface area contributed by atoms with E-state index in [1.54, 1.807) is 6.26 Å². The van der Waals surface area contributed by atoms with Crippen LogP contribution in [0.5, 0.6) is 0 Å². The van der Waals surface area contributed by atoms with Gasteiger partial charge in [-0.2, -0.15) is 0 Å². The molecule has 57 heavy (non-hydrogen) atoms. The topological polar surface area (TPSA) is 135 Å². The fourth-order valence-electron chi connectivity index (χ4n) is 5.67. The number of aliphatic hydroxyl groups excluding tert-OH is 2. The molecule has 0 aromatic heterocycles. The number of likely N-dealkylation sites (N-methyl/N-ethyl adjacent to an activating group) is 1. The number of quaternary nitrogens is 1. The molecule has 0 bridgehead atoms. The first-order valence-corrected chi connectivity index (χ1v) is 23.7. The van der Waals surface area contributed by atoms with Crippen molar-refractivity contribution in [2.24, 2.45) is 0 Å². The number of carbonyl (C=O) groups excluding carboxylic acids is 1. The fraction of sp³-hybridized carbons (Fsp3) is 0.761. The minimum absolute atomic E-state index is 0.0192. The lowest BCUT2D eigenvalue weighted by Crippen LogP contribution is -2.37. The molecular weight excluding hydrogens is 741 g/mol. The van der Waals surface area contributed by atoms with E-state index in [1.807, 2.05) is 39.4 Å². The van der Waals surface area contributed by atoms with Crippen molar-refractivity contribution in [2.45, 2.75) is 180 Å². The molecule has 0 saturated heterocycles. The van der Waals surface area contributed by atoms with Crippen LogP contribution in [0.1, 0.15) is 162 Å². The van der Waals surface area contributed by atoms with Crippen LogP contribution in [0.15, 0.2) is 60.9 Å². The average molecular weight is 826 g/mol. The second kappa shape index (κ2) is 38.2. The van der Waals surface area contributed by atoms with E-state index in [1.165, 1.54) is 83.5 Å². The van der Waals surface area contributed by atoms with Gasteiger partial charge in [-0.1, -0.05) is 120 Å². The first-order valence-electron chi connectivity index (χ1n) is 22.2. The second-order valence-electron chi connectivity index (χ2n) is 16.1. The summed E-state index contributed by atoms with van der Waals surface area (Å²) in [5.41, 5.74) is 0. The summed E-state index contributed by atoms with van der Waals surface area (Å²) in [5.74, 6) is -0.578. The van der Waals surface area contributed by atoms with Crippen LogP contribution in [0.4, 0.5) is 0 Å². The van der Waals surface area contributed by atoms with E-state index in [0.29, 0.717) is 17.4 Å². The number of phosphoric acid groups is 1. The summed E-state index contributed by atoms with van der Waals surface area (Å²) in [7, 11) is 1.14. The first kappa shape index (κ1) is 55.0. The van der Waals surface area contributed by atoms with E-state index in [-0.39, 0.29) is 32.5 Å². The van der Waals surface area contributed by atoms with Crippen molar-refractivity contribution in [3.05, 3.63) is 60.9 Å². The van der Waals surface area contributed by atoms with Gasteiger partial charge in [-0.05, 0) is 89.5 Å². The number of nitrogens with zero attached hydrogens (tertiary/aromatic N) is 1. The SMILES string of the molecule is CCCCC/C=C\C/C=C\C/C=C\CC(O)C(O)CCCC(=O)O[C@H](CO/C=C/CCCCCCCC/C=C\CCCCCC)COP(=O)([O-])OCC[N+](C)(C)C. The van der Waals surface area contributed by atoms with Gasteiger partial charge in [0.05, 0.1) is 46.2 Å². The molecule has 0 aliphatic carbocycles. The van der Waals surface area contributed by atoms with Crippen molar-refractivity contribution in [3.63, 3.8) is 0 Å². The molecule has 0 aromatic rings. The van der Waals surface area contributed by atoms with Crippen LogP contribution in [-0.4, -0.2) is 86.5 Å². The summed E-state index contributed by atoms with van der Waals surface area (Å²) in [6, 6.07) is 0. The summed E-state index contributed by atoms with van der Waals surface area (Å²) < 4.78 is 34.1. The quantitative estimate of drug-likeness (QED) is 0.0155. The number of carbonyl (C=O) groups is 1. The number of esters is 1. The molecule has 2 N–H and O–H groups in total. The normalized spacial score (nSPS) is 15.4. The molecule has 0 spiro atoms. The molecule has 0 heterocycles. The molecule has 0 aliphatic heterocycles. The van der Waals surface area contributed by atoms with Crippen LogP contribution in [0.3, 0.4) is 0 Å². The molecule has 332 valence electrons. The Labute approximate surface area is 348 Å². The molecule has 3 unspecified atom stereocenters. The molecule has 0 saturated carbocycles. The zero-order valence-electron chi connectivity index (χ0n) is 36.7. The number of aliphatic hydroxyl groups is 2. The van der Waals surface area contributed by atoms with Crippen LogP contribution < -0.4 is 4.89 Å². The lowest BCUT2D eigenvalue weighted by atomic mass is 10.0. The van der Waals surface area contributed by atoms with E-state index < -0.39 is 38.7 Å². The molecule has 0 aliphatic rings. The largest absolute Gasteiger partial charge is 0.756 e. The van der Waals surface area contributed by atoms with Gasteiger partial charge in [0.1, 0.15) is 19.8 Å². The Hall–Kier alpha value is -2.04. The number of unbranched alkanes of at least 4 members (excludes halogenated alkanes) is 14. The smallest absolute Gasteiger partial charge is 0.306 e. The van der Waals surface area contributed by atoms with Crippen molar-refractivity contribution < 1.29 is 47.5 Å². The highest BCUT2D eigenvalue weighted by atomic mass is 31.2. The van der Waals surface area contributed by atoms with E-state index in [2.05, 4.69) is 50.3 Å². The third-order valence-corrected chi connectivity index (χ3v) is 10.3. The van der Waals surface area contributed by atoms with E-state index in [0.717, 1.165) is 38.5 Å². The fourth-order valence-corrected chi connectivity index (χ4v) is 6.40. The summed E-state index contributed by atoms with van der Waals surface area (Å²) in [4.78, 5) is 25.1. The van der Waals surface area contributed by atoms with Gasteiger partial charge in [0.15, 0.2) is 6.10 Å². The van der Waals surface area contributed by atoms with Crippen LogP contribution in [0, 0.1) is 0 Å². The van der Waals surface area contributed by atoms with Crippen LogP contribution in [0.2, 0.25) is 0 Å². The summed E-state index contributed by atoms with van der Waals surface area (Å²) >= 11 is 0. The predicted octanol–water partition coefficient (Wildman–Crippen LogP) is 10.6. The van der Waals surface area contributed by atoms with Gasteiger partial charge in [0.2, 0.25) is 0 Å². The number of allylic oxidation sites excluding steroid dienone is 8. The summed E-state index contributed by atoms with van der Waals surface area (Å²) in [6.45, 7) is 4.33. The Kier molecular flexibility index (Phi) is 36.8. The highest BCUT2D eigenvalue weighted by Gasteiger charge is 2.21. The Morgan fingerprint density at radius 2 is 1.16 bits per heavy atom. The number of phosphoric ester groups is 1. The molecule has 11 heteroatoms. The number of rotatable bonds is 40. The molecule has 0 radical (unpaired) electrons. The molecule has 10 nitrogen and oxygen atoms in total.